The first-order chi connectivity index (χ1) is 8.66. The molecule has 2 heteroatoms. The van der Waals surface area contributed by atoms with E-state index in [1.165, 1.54) is 5.56 Å². The lowest BCUT2D eigenvalue weighted by Gasteiger charge is -2.34. The Morgan fingerprint density at radius 2 is 1.89 bits per heavy atom. The van der Waals surface area contributed by atoms with Crippen molar-refractivity contribution in [1.82, 2.24) is 5.32 Å². The Morgan fingerprint density at radius 1 is 1.17 bits per heavy atom. The minimum absolute atomic E-state index is 0.416. The zero-order valence-electron chi connectivity index (χ0n) is 11.7. The zero-order valence-corrected chi connectivity index (χ0v) is 11.7. The molecule has 0 saturated carbocycles. The van der Waals surface area contributed by atoms with Crippen LogP contribution in [0.3, 0.4) is 0 Å². The van der Waals surface area contributed by atoms with Crippen LogP contribution >= 0.6 is 0 Å². The van der Waals surface area contributed by atoms with Crippen LogP contribution in [0.4, 0.5) is 0 Å². The van der Waals surface area contributed by atoms with Crippen molar-refractivity contribution in [2.75, 3.05) is 6.61 Å². The Bertz CT molecular complexity index is 349. The van der Waals surface area contributed by atoms with Gasteiger partial charge >= 0.3 is 0 Å². The number of hydrogen-bond acceptors (Lipinski definition) is 2. The lowest BCUT2D eigenvalue weighted by molar-refractivity contribution is -0.0256. The lowest BCUT2D eigenvalue weighted by Crippen LogP contribution is -2.41. The van der Waals surface area contributed by atoms with Crippen LogP contribution in [0.25, 0.3) is 0 Å². The third-order valence-electron chi connectivity index (χ3n) is 3.84. The summed E-state index contributed by atoms with van der Waals surface area (Å²) in [7, 11) is 0. The van der Waals surface area contributed by atoms with Gasteiger partial charge in [-0.2, -0.15) is 0 Å². The topological polar surface area (TPSA) is 21.3 Å². The maximum Gasteiger partial charge on any atom is 0.0612 e. The predicted molar refractivity (Wildman–Crippen MR) is 75.6 cm³/mol. The van der Waals surface area contributed by atoms with Gasteiger partial charge < -0.3 is 10.1 Å². The van der Waals surface area contributed by atoms with Crippen molar-refractivity contribution in [3.8, 4) is 0 Å². The average Bonchev–Trinajstić information content (AvgIpc) is 2.40. The molecular weight excluding hydrogens is 222 g/mol. The van der Waals surface area contributed by atoms with Gasteiger partial charge in [0.05, 0.1) is 6.10 Å². The molecule has 1 fully saturated rings. The van der Waals surface area contributed by atoms with Crippen molar-refractivity contribution in [2.45, 2.75) is 51.8 Å². The SMILES string of the molecule is CC(NC1CCOC(C(C)C)C1)c1ccccc1. The van der Waals surface area contributed by atoms with Gasteiger partial charge in [-0.25, -0.2) is 0 Å². The van der Waals surface area contributed by atoms with Gasteiger partial charge in [-0.3, -0.25) is 0 Å². The van der Waals surface area contributed by atoms with Gasteiger partial charge in [-0.15, -0.1) is 0 Å². The van der Waals surface area contributed by atoms with Crippen LogP contribution in [-0.2, 0) is 4.74 Å². The monoisotopic (exact) mass is 247 g/mol. The minimum Gasteiger partial charge on any atom is -0.378 e. The number of ether oxygens (including phenoxy) is 1. The van der Waals surface area contributed by atoms with E-state index in [-0.39, 0.29) is 0 Å². The summed E-state index contributed by atoms with van der Waals surface area (Å²) in [5.41, 5.74) is 1.37. The highest BCUT2D eigenvalue weighted by molar-refractivity contribution is 5.18. The Kier molecular flexibility index (Phi) is 4.79. The molecule has 1 saturated heterocycles. The quantitative estimate of drug-likeness (QED) is 0.878. The molecule has 0 bridgehead atoms. The number of hydrogen-bond donors (Lipinski definition) is 1. The molecule has 1 aliphatic rings. The highest BCUT2D eigenvalue weighted by Crippen LogP contribution is 2.22. The molecule has 0 amide bonds. The summed E-state index contributed by atoms with van der Waals surface area (Å²) in [6, 6.07) is 11.7. The molecule has 1 aliphatic heterocycles. The maximum atomic E-state index is 5.82. The van der Waals surface area contributed by atoms with Crippen LogP contribution in [-0.4, -0.2) is 18.8 Å². The van der Waals surface area contributed by atoms with Gasteiger partial charge in [-0.1, -0.05) is 44.2 Å². The number of benzene rings is 1. The minimum atomic E-state index is 0.416. The van der Waals surface area contributed by atoms with E-state index in [0.717, 1.165) is 19.4 Å². The van der Waals surface area contributed by atoms with E-state index in [1.807, 2.05) is 0 Å². The first-order valence-corrected chi connectivity index (χ1v) is 7.09. The summed E-state index contributed by atoms with van der Waals surface area (Å²) in [6.07, 6.45) is 2.68. The van der Waals surface area contributed by atoms with Gasteiger partial charge in [0.25, 0.3) is 0 Å². The molecule has 0 spiro atoms. The van der Waals surface area contributed by atoms with Crippen molar-refractivity contribution in [3.63, 3.8) is 0 Å². The lowest BCUT2D eigenvalue weighted by atomic mass is 9.94. The van der Waals surface area contributed by atoms with Crippen molar-refractivity contribution >= 4 is 0 Å². The fourth-order valence-electron chi connectivity index (χ4n) is 2.64. The largest absolute Gasteiger partial charge is 0.378 e. The van der Waals surface area contributed by atoms with E-state index in [2.05, 4.69) is 56.4 Å². The van der Waals surface area contributed by atoms with Gasteiger partial charge in [0.2, 0.25) is 0 Å². The summed E-state index contributed by atoms with van der Waals surface area (Å²) in [6.45, 7) is 7.62. The van der Waals surface area contributed by atoms with Crippen molar-refractivity contribution in [3.05, 3.63) is 35.9 Å². The number of rotatable bonds is 4. The van der Waals surface area contributed by atoms with E-state index in [9.17, 15) is 0 Å². The van der Waals surface area contributed by atoms with E-state index in [1.54, 1.807) is 0 Å². The Balaban J connectivity index is 1.89. The first kappa shape index (κ1) is 13.6. The van der Waals surface area contributed by atoms with Gasteiger partial charge in [-0.05, 0) is 31.2 Å². The van der Waals surface area contributed by atoms with Crippen molar-refractivity contribution in [1.29, 1.82) is 0 Å². The van der Waals surface area contributed by atoms with Crippen LogP contribution in [0.15, 0.2) is 30.3 Å². The fourth-order valence-corrected chi connectivity index (χ4v) is 2.64. The Hall–Kier alpha value is -0.860. The third-order valence-corrected chi connectivity index (χ3v) is 3.84. The summed E-state index contributed by atoms with van der Waals surface area (Å²) in [5, 5.41) is 3.74. The number of nitrogens with one attached hydrogen (secondary N) is 1. The van der Waals surface area contributed by atoms with Crippen LogP contribution in [0.2, 0.25) is 0 Å². The van der Waals surface area contributed by atoms with Crippen molar-refractivity contribution in [2.24, 2.45) is 5.92 Å². The molecule has 1 N–H and O–H groups in total. The van der Waals surface area contributed by atoms with E-state index in [4.69, 9.17) is 4.74 Å². The van der Waals surface area contributed by atoms with Gasteiger partial charge in [0.15, 0.2) is 0 Å². The predicted octanol–water partition coefficient (Wildman–Crippen LogP) is 3.54. The van der Waals surface area contributed by atoms with Crippen LogP contribution in [0, 0.1) is 5.92 Å². The third kappa shape index (κ3) is 3.56. The second kappa shape index (κ2) is 6.35. The van der Waals surface area contributed by atoms with Crippen LogP contribution in [0.5, 0.6) is 0 Å². The molecule has 3 unspecified atom stereocenters. The molecule has 0 aliphatic carbocycles. The maximum absolute atomic E-state index is 5.82. The summed E-state index contributed by atoms with van der Waals surface area (Å²) in [4.78, 5) is 0. The molecule has 1 heterocycles. The van der Waals surface area contributed by atoms with Crippen molar-refractivity contribution < 1.29 is 4.74 Å². The molecule has 0 radical (unpaired) electrons. The van der Waals surface area contributed by atoms with E-state index in [0.29, 0.717) is 24.1 Å². The van der Waals surface area contributed by atoms with Gasteiger partial charge in [0.1, 0.15) is 0 Å². The summed E-state index contributed by atoms with van der Waals surface area (Å²) in [5.74, 6) is 0.613. The summed E-state index contributed by atoms with van der Waals surface area (Å²) < 4.78 is 5.82. The average molecular weight is 247 g/mol. The van der Waals surface area contributed by atoms with E-state index >= 15 is 0 Å². The van der Waals surface area contributed by atoms with Gasteiger partial charge in [0, 0.05) is 18.7 Å². The Morgan fingerprint density at radius 3 is 2.56 bits per heavy atom. The highest BCUT2D eigenvalue weighted by Gasteiger charge is 2.25. The van der Waals surface area contributed by atoms with E-state index < -0.39 is 0 Å². The molecule has 18 heavy (non-hydrogen) atoms. The summed E-state index contributed by atoms with van der Waals surface area (Å²) >= 11 is 0. The molecular formula is C16H25NO. The van der Waals surface area contributed by atoms with Crippen LogP contribution in [0.1, 0.15) is 45.2 Å². The zero-order chi connectivity index (χ0) is 13.0. The first-order valence-electron chi connectivity index (χ1n) is 7.09. The molecule has 2 nitrogen and oxygen atoms in total. The fraction of sp³-hybridized carbons (Fsp3) is 0.625. The molecule has 2 rings (SSSR count). The standard InChI is InChI=1S/C16H25NO/c1-12(2)16-11-15(9-10-18-16)17-13(3)14-7-5-4-6-8-14/h4-8,12-13,15-17H,9-11H2,1-3H3. The van der Waals surface area contributed by atoms with Crippen LogP contribution < -0.4 is 5.32 Å². The molecule has 0 aromatic heterocycles. The normalized spacial score (nSPS) is 26.2. The second-order valence-electron chi connectivity index (χ2n) is 5.67. The highest BCUT2D eigenvalue weighted by atomic mass is 16.5. The Labute approximate surface area is 111 Å². The molecule has 1 aromatic rings. The molecule has 3 atom stereocenters. The molecule has 100 valence electrons. The molecule has 1 aromatic carbocycles. The smallest absolute Gasteiger partial charge is 0.0612 e. The second-order valence-corrected chi connectivity index (χ2v) is 5.67.